The highest BCUT2D eigenvalue weighted by molar-refractivity contribution is 8.60. The van der Waals surface area contributed by atoms with Crippen LogP contribution in [-0.4, -0.2) is 0 Å². The zero-order valence-electron chi connectivity index (χ0n) is 10.1. The van der Waals surface area contributed by atoms with Crippen LogP contribution in [0, 0.1) is 0 Å². The molecule has 0 saturated heterocycles. The molecule has 0 aliphatic carbocycles. The van der Waals surface area contributed by atoms with Crippen molar-refractivity contribution in [2.75, 3.05) is 0 Å². The molecule has 21 heavy (non-hydrogen) atoms. The molecule has 0 amide bonds. The van der Waals surface area contributed by atoms with Crippen molar-refractivity contribution >= 4 is 76.2 Å². The average Bonchev–Trinajstić information content (AvgIpc) is 2.36. The second-order valence-electron chi connectivity index (χ2n) is 3.80. The van der Waals surface area contributed by atoms with Crippen molar-refractivity contribution < 1.29 is 9.05 Å². The maximum Gasteiger partial charge on any atom is 0.345 e. The molecular weight excluding hydrogens is 413 g/mol. The highest BCUT2D eigenvalue weighted by atomic mass is 35.5. The first-order valence-corrected chi connectivity index (χ1v) is 10.7. The van der Waals surface area contributed by atoms with Gasteiger partial charge in [0.15, 0.2) is 0 Å². The molecule has 0 heterocycles. The molecule has 0 aliphatic rings. The summed E-state index contributed by atoms with van der Waals surface area (Å²) in [5.74, 6) is 0.675. The minimum Gasteiger partial charge on any atom is -0.427 e. The lowest BCUT2D eigenvalue weighted by molar-refractivity contribution is 0.507. The Balaban J connectivity index is 2.20. The van der Waals surface area contributed by atoms with E-state index in [9.17, 15) is 0 Å². The van der Waals surface area contributed by atoms with Gasteiger partial charge in [-0.15, -0.1) is 0 Å². The lowest BCUT2D eigenvalue weighted by atomic mass is 10.3. The van der Waals surface area contributed by atoms with Gasteiger partial charge in [-0.2, -0.15) is 0 Å². The summed E-state index contributed by atoms with van der Waals surface area (Å²) in [6, 6.07) is 9.51. The van der Waals surface area contributed by atoms with E-state index >= 15 is 0 Å². The minimum absolute atomic E-state index is 0.316. The van der Waals surface area contributed by atoms with E-state index in [4.69, 9.17) is 67.3 Å². The molecule has 0 bridgehead atoms. The van der Waals surface area contributed by atoms with E-state index in [-0.39, 0.29) is 0 Å². The number of thiol groups is 1. The Kier molecular flexibility index (Phi) is 6.00. The van der Waals surface area contributed by atoms with Crippen molar-refractivity contribution in [3.05, 3.63) is 56.5 Å². The number of hydrogen-bond acceptors (Lipinski definition) is 3. The lowest BCUT2D eigenvalue weighted by Crippen LogP contribution is -1.96. The molecular formula is C12H7Cl4O2PS2. The topological polar surface area (TPSA) is 18.5 Å². The van der Waals surface area contributed by atoms with Crippen LogP contribution >= 0.6 is 64.3 Å². The molecule has 112 valence electrons. The van der Waals surface area contributed by atoms with Crippen LogP contribution in [0.4, 0.5) is 0 Å². The van der Waals surface area contributed by atoms with Crippen molar-refractivity contribution in [1.82, 2.24) is 0 Å². The Morgan fingerprint density at radius 1 is 0.810 bits per heavy atom. The molecule has 0 fully saturated rings. The Morgan fingerprint density at radius 3 is 1.52 bits per heavy atom. The van der Waals surface area contributed by atoms with Gasteiger partial charge in [-0.25, -0.2) is 0 Å². The van der Waals surface area contributed by atoms with Gasteiger partial charge in [0.25, 0.3) is 0 Å². The van der Waals surface area contributed by atoms with Gasteiger partial charge in [0.05, 0.1) is 10.0 Å². The lowest BCUT2D eigenvalue weighted by Gasteiger charge is -2.20. The normalized spacial score (nSPS) is 11.3. The first-order valence-electron chi connectivity index (χ1n) is 5.39. The van der Waals surface area contributed by atoms with Gasteiger partial charge in [0.1, 0.15) is 11.5 Å². The van der Waals surface area contributed by atoms with Crippen molar-refractivity contribution in [2.24, 2.45) is 0 Å². The highest BCUT2D eigenvalue weighted by Gasteiger charge is 2.20. The Labute approximate surface area is 152 Å². The predicted molar refractivity (Wildman–Crippen MR) is 97.5 cm³/mol. The van der Waals surface area contributed by atoms with Gasteiger partial charge in [0, 0.05) is 10.0 Å². The van der Waals surface area contributed by atoms with Gasteiger partial charge >= 0.3 is 5.69 Å². The molecule has 2 aromatic carbocycles. The van der Waals surface area contributed by atoms with Crippen molar-refractivity contribution in [3.63, 3.8) is 0 Å². The van der Waals surface area contributed by atoms with Crippen LogP contribution in [-0.2, 0) is 11.8 Å². The molecule has 2 nitrogen and oxygen atoms in total. The van der Waals surface area contributed by atoms with Crippen LogP contribution in [0.25, 0.3) is 0 Å². The maximum atomic E-state index is 6.02. The number of rotatable bonds is 4. The third kappa shape index (κ3) is 5.11. The van der Waals surface area contributed by atoms with E-state index in [1.54, 1.807) is 24.3 Å². The van der Waals surface area contributed by atoms with Crippen molar-refractivity contribution in [2.45, 2.75) is 0 Å². The number of halogens is 4. The fraction of sp³-hybridized carbons (Fsp3) is 0. The SMILES string of the molecule is S=P(S)(Oc1ccc(Cl)cc1Cl)Oc1ccc(Cl)cc1Cl. The molecule has 0 aromatic heterocycles. The molecule has 0 radical (unpaired) electrons. The maximum absolute atomic E-state index is 6.02. The summed E-state index contributed by atoms with van der Waals surface area (Å²) in [5, 5.41) is 1.61. The second kappa shape index (κ2) is 7.18. The van der Waals surface area contributed by atoms with Crippen LogP contribution < -0.4 is 9.05 Å². The molecule has 0 N–H and O–H groups in total. The standard InChI is InChI=1S/C12H7Cl4O2PS2/c13-7-1-3-11(9(15)5-7)17-19(20,21)18-12-4-2-8(14)6-10(12)16/h1-6H,(H,20,21). The minimum atomic E-state index is -2.95. The van der Waals surface area contributed by atoms with Crippen LogP contribution in [0.2, 0.25) is 20.1 Å². The zero-order valence-corrected chi connectivity index (χ0v) is 15.7. The zero-order chi connectivity index (χ0) is 15.6. The van der Waals surface area contributed by atoms with Gasteiger partial charge in [-0.3, -0.25) is 0 Å². The van der Waals surface area contributed by atoms with E-state index in [1.165, 1.54) is 12.1 Å². The molecule has 0 atom stereocenters. The largest absolute Gasteiger partial charge is 0.427 e. The highest BCUT2D eigenvalue weighted by Crippen LogP contribution is 2.55. The second-order valence-corrected chi connectivity index (χ2v) is 10.6. The monoisotopic (exact) mass is 418 g/mol. The van der Waals surface area contributed by atoms with Crippen molar-refractivity contribution in [1.29, 1.82) is 0 Å². The van der Waals surface area contributed by atoms with Gasteiger partial charge in [-0.1, -0.05) is 58.7 Å². The molecule has 9 heteroatoms. The Morgan fingerprint density at radius 2 is 1.19 bits per heavy atom. The van der Waals surface area contributed by atoms with Gasteiger partial charge in [-0.05, 0) is 48.2 Å². The number of benzene rings is 2. The van der Waals surface area contributed by atoms with E-state index < -0.39 is 5.69 Å². The first-order chi connectivity index (χ1) is 9.77. The summed E-state index contributed by atoms with van der Waals surface area (Å²) in [4.78, 5) is 0. The van der Waals surface area contributed by atoms with Crippen molar-refractivity contribution in [3.8, 4) is 11.5 Å². The van der Waals surface area contributed by atoms with E-state index in [0.29, 0.717) is 31.6 Å². The summed E-state index contributed by atoms with van der Waals surface area (Å²) >= 11 is 33.2. The molecule has 0 spiro atoms. The summed E-state index contributed by atoms with van der Waals surface area (Å²) in [6.45, 7) is 0. The summed E-state index contributed by atoms with van der Waals surface area (Å²) < 4.78 is 11.1. The van der Waals surface area contributed by atoms with Gasteiger partial charge in [0.2, 0.25) is 0 Å². The molecule has 0 aliphatic heterocycles. The van der Waals surface area contributed by atoms with Gasteiger partial charge < -0.3 is 9.05 Å². The van der Waals surface area contributed by atoms with E-state index in [2.05, 4.69) is 12.2 Å². The Hall–Kier alpha value is 0.200. The average molecular weight is 420 g/mol. The van der Waals surface area contributed by atoms with Crippen LogP contribution in [0.15, 0.2) is 36.4 Å². The molecule has 0 saturated carbocycles. The molecule has 0 unspecified atom stereocenters. The fourth-order valence-electron chi connectivity index (χ4n) is 1.37. The molecule has 2 rings (SSSR count). The number of hydrogen-bond donors (Lipinski definition) is 1. The van der Waals surface area contributed by atoms with E-state index in [0.717, 1.165) is 0 Å². The predicted octanol–water partition coefficient (Wildman–Crippen LogP) is 6.91. The fourth-order valence-corrected chi connectivity index (χ4v) is 4.23. The third-order valence-electron chi connectivity index (χ3n) is 2.22. The quantitative estimate of drug-likeness (QED) is 0.428. The van der Waals surface area contributed by atoms with Crippen LogP contribution in [0.1, 0.15) is 0 Å². The van der Waals surface area contributed by atoms with Crippen LogP contribution in [0.3, 0.4) is 0 Å². The Bertz CT molecular complexity index is 669. The van der Waals surface area contributed by atoms with E-state index in [1.807, 2.05) is 0 Å². The summed E-state index contributed by atoms with van der Waals surface area (Å²) in [5.41, 5.74) is -2.95. The molecule has 2 aromatic rings. The first kappa shape index (κ1) is 17.6. The summed E-state index contributed by atoms with van der Waals surface area (Å²) in [7, 11) is 0. The third-order valence-corrected chi connectivity index (χ3v) is 5.07. The van der Waals surface area contributed by atoms with Crippen LogP contribution in [0.5, 0.6) is 11.5 Å². The smallest absolute Gasteiger partial charge is 0.345 e. The summed E-state index contributed by atoms with van der Waals surface area (Å²) in [6.07, 6.45) is 0.